The average Bonchev–Trinajstić information content (AvgIpc) is 2.83. The number of carbonyl (C=O) groups is 3. The molecular weight excluding hydrogens is 533 g/mol. The zero-order chi connectivity index (χ0) is 26.1. The van der Waals surface area contributed by atoms with E-state index in [2.05, 4.69) is 34.5 Å². The highest BCUT2D eigenvalue weighted by atomic mass is 79.9. The topological polar surface area (TPSA) is 82.1 Å². The van der Waals surface area contributed by atoms with Gasteiger partial charge in [0.1, 0.15) is 11.6 Å². The Morgan fingerprint density at radius 2 is 1.69 bits per heavy atom. The fraction of sp³-hybridized carbons (Fsp3) is 0.296. The Balaban J connectivity index is 1.63. The Bertz CT molecular complexity index is 1180. The van der Waals surface area contributed by atoms with E-state index in [1.165, 1.54) is 24.3 Å². The predicted molar refractivity (Wildman–Crippen MR) is 136 cm³/mol. The molecule has 0 atom stereocenters. The summed E-state index contributed by atoms with van der Waals surface area (Å²) in [5.74, 6) is -3.31. The van der Waals surface area contributed by atoms with Crippen molar-refractivity contribution in [2.24, 2.45) is 0 Å². The summed E-state index contributed by atoms with van der Waals surface area (Å²) in [4.78, 5) is 39.2. The number of hydrogen-bond acceptors (Lipinski definition) is 7. The molecule has 0 N–H and O–H groups in total. The monoisotopic (exact) mass is 559 g/mol. The van der Waals surface area contributed by atoms with E-state index in [9.17, 15) is 18.8 Å². The Morgan fingerprint density at radius 1 is 1.03 bits per heavy atom. The summed E-state index contributed by atoms with van der Waals surface area (Å²) in [6.45, 7) is 6.04. The first-order chi connectivity index (χ1) is 17.3. The third kappa shape index (κ3) is 7.35. The van der Waals surface area contributed by atoms with E-state index in [1.54, 1.807) is 0 Å². The molecule has 1 aliphatic rings. The molecule has 0 radical (unpaired) electrons. The number of ether oxygens (including phenoxy) is 3. The maximum absolute atomic E-state index is 14.9. The summed E-state index contributed by atoms with van der Waals surface area (Å²) in [7, 11) is 2.06. The molecule has 0 aliphatic carbocycles. The van der Waals surface area contributed by atoms with Gasteiger partial charge in [0.05, 0.1) is 22.2 Å². The van der Waals surface area contributed by atoms with Gasteiger partial charge in [0, 0.05) is 24.8 Å². The van der Waals surface area contributed by atoms with Crippen molar-refractivity contribution in [3.8, 4) is 17.2 Å². The number of nitrogens with zero attached hydrogens (tertiary/aromatic N) is 1. The summed E-state index contributed by atoms with van der Waals surface area (Å²) in [6.07, 6.45) is 7.65. The molecular formula is C27H27BrFNO6. The molecule has 36 heavy (non-hydrogen) atoms. The van der Waals surface area contributed by atoms with Crippen LogP contribution in [0.15, 0.2) is 59.6 Å². The number of unbranched alkanes of at least 4 members (excludes halogenated alkanes) is 3. The standard InChI is InChI=1S/C27H27BrFNO6/c1-3-14-30(2)15-6-4-5-7-16-34-18-8-9-19(22(29)17-18)25(33)20-10-11-21(28)27-26(20)35-23(31)12-13-24(32)36-27/h3,8-13,17H,1,4-7,14-16H2,2H3/b13-12+. The van der Waals surface area contributed by atoms with Crippen molar-refractivity contribution in [1.82, 2.24) is 4.90 Å². The van der Waals surface area contributed by atoms with Gasteiger partial charge in [0.25, 0.3) is 0 Å². The van der Waals surface area contributed by atoms with Gasteiger partial charge < -0.3 is 19.1 Å². The predicted octanol–water partition coefficient (Wildman–Crippen LogP) is 5.26. The number of hydrogen-bond donors (Lipinski definition) is 0. The van der Waals surface area contributed by atoms with Crippen LogP contribution in [0.4, 0.5) is 4.39 Å². The van der Waals surface area contributed by atoms with Crippen LogP contribution < -0.4 is 14.2 Å². The second-order valence-electron chi connectivity index (χ2n) is 8.21. The molecule has 1 aliphatic heterocycles. The van der Waals surface area contributed by atoms with Gasteiger partial charge in [-0.1, -0.05) is 18.9 Å². The summed E-state index contributed by atoms with van der Waals surface area (Å²) in [6, 6.07) is 6.78. The average molecular weight is 560 g/mol. The minimum atomic E-state index is -0.868. The van der Waals surface area contributed by atoms with Crippen LogP contribution in [0, 0.1) is 5.82 Å². The molecule has 3 rings (SSSR count). The Kier molecular flexibility index (Phi) is 9.95. The summed E-state index contributed by atoms with van der Waals surface area (Å²) < 4.78 is 31.2. The van der Waals surface area contributed by atoms with Gasteiger partial charge in [0.2, 0.25) is 0 Å². The molecule has 0 spiro atoms. The zero-order valence-corrected chi connectivity index (χ0v) is 21.5. The van der Waals surface area contributed by atoms with Crippen LogP contribution in [0.1, 0.15) is 41.6 Å². The van der Waals surface area contributed by atoms with Crippen molar-refractivity contribution in [2.75, 3.05) is 26.7 Å². The van der Waals surface area contributed by atoms with Gasteiger partial charge in [0.15, 0.2) is 17.3 Å². The van der Waals surface area contributed by atoms with Gasteiger partial charge in [-0.15, -0.1) is 6.58 Å². The van der Waals surface area contributed by atoms with Crippen molar-refractivity contribution in [2.45, 2.75) is 25.7 Å². The molecule has 0 saturated heterocycles. The number of benzene rings is 2. The van der Waals surface area contributed by atoms with Crippen LogP contribution in [0.2, 0.25) is 0 Å². The highest BCUT2D eigenvalue weighted by Gasteiger charge is 2.27. The lowest BCUT2D eigenvalue weighted by atomic mass is 10.0. The van der Waals surface area contributed by atoms with Gasteiger partial charge >= 0.3 is 11.9 Å². The molecule has 0 saturated carbocycles. The third-order valence-electron chi connectivity index (χ3n) is 5.40. The maximum atomic E-state index is 14.9. The molecule has 9 heteroatoms. The van der Waals surface area contributed by atoms with Gasteiger partial charge in [-0.2, -0.15) is 0 Å². The highest BCUT2D eigenvalue weighted by molar-refractivity contribution is 9.10. The Hall–Kier alpha value is -3.30. The molecule has 0 unspecified atom stereocenters. The lowest BCUT2D eigenvalue weighted by Gasteiger charge is -2.16. The van der Waals surface area contributed by atoms with Crippen molar-refractivity contribution in [3.63, 3.8) is 0 Å². The lowest BCUT2D eigenvalue weighted by molar-refractivity contribution is -0.133. The van der Waals surface area contributed by atoms with Crippen LogP contribution >= 0.6 is 15.9 Å². The number of fused-ring (bicyclic) bond motifs is 1. The number of halogens is 2. The van der Waals surface area contributed by atoms with E-state index in [0.717, 1.165) is 57.0 Å². The summed E-state index contributed by atoms with van der Waals surface area (Å²) in [5, 5.41) is 0. The molecule has 190 valence electrons. The van der Waals surface area contributed by atoms with E-state index in [4.69, 9.17) is 14.2 Å². The van der Waals surface area contributed by atoms with E-state index >= 15 is 0 Å². The SMILES string of the molecule is C=CCN(C)CCCCCCOc1ccc(C(=O)c2ccc(Br)c3c2OC(=O)/C=C/C(=O)O3)c(F)c1. The normalized spacial score (nSPS) is 13.8. The number of carbonyl (C=O) groups excluding carboxylic acids is 3. The molecule has 0 bridgehead atoms. The third-order valence-corrected chi connectivity index (χ3v) is 6.02. The number of ketones is 1. The van der Waals surface area contributed by atoms with Crippen LogP contribution in [-0.2, 0) is 9.59 Å². The van der Waals surface area contributed by atoms with E-state index in [0.29, 0.717) is 16.8 Å². The van der Waals surface area contributed by atoms with Crippen molar-refractivity contribution in [1.29, 1.82) is 0 Å². The van der Waals surface area contributed by atoms with Gasteiger partial charge in [-0.05, 0) is 66.6 Å². The second kappa shape index (κ2) is 13.1. The fourth-order valence-corrected chi connectivity index (χ4v) is 3.97. The highest BCUT2D eigenvalue weighted by Crippen LogP contribution is 2.40. The molecule has 0 aromatic heterocycles. The molecule has 0 amide bonds. The largest absolute Gasteiger partial charge is 0.493 e. The molecule has 2 aromatic rings. The molecule has 1 heterocycles. The van der Waals surface area contributed by atoms with Crippen molar-refractivity contribution in [3.05, 3.63) is 76.6 Å². The first-order valence-corrected chi connectivity index (χ1v) is 12.3. The lowest BCUT2D eigenvalue weighted by Crippen LogP contribution is -2.19. The Labute approximate surface area is 217 Å². The van der Waals surface area contributed by atoms with Crippen LogP contribution in [0.3, 0.4) is 0 Å². The van der Waals surface area contributed by atoms with Crippen molar-refractivity contribution >= 4 is 33.7 Å². The molecule has 7 nitrogen and oxygen atoms in total. The fourth-order valence-electron chi connectivity index (χ4n) is 3.57. The molecule has 2 aromatic carbocycles. The summed E-state index contributed by atoms with van der Waals surface area (Å²) in [5.41, 5.74) is -0.369. The maximum Gasteiger partial charge on any atom is 0.336 e. The first kappa shape index (κ1) is 27.3. The van der Waals surface area contributed by atoms with E-state index < -0.39 is 23.5 Å². The number of rotatable bonds is 12. The smallest absolute Gasteiger partial charge is 0.336 e. The number of likely N-dealkylation sites (N-methyl/N-ethyl adjacent to an activating group) is 1. The van der Waals surface area contributed by atoms with E-state index in [1.807, 2.05) is 6.08 Å². The van der Waals surface area contributed by atoms with Crippen LogP contribution in [0.25, 0.3) is 0 Å². The quantitative estimate of drug-likeness (QED) is 0.115. The first-order valence-electron chi connectivity index (χ1n) is 11.5. The summed E-state index contributed by atoms with van der Waals surface area (Å²) >= 11 is 3.21. The number of esters is 2. The van der Waals surface area contributed by atoms with Gasteiger partial charge in [-0.3, -0.25) is 4.79 Å². The zero-order valence-electron chi connectivity index (χ0n) is 19.9. The minimum absolute atomic E-state index is 0.129. The van der Waals surface area contributed by atoms with Crippen molar-refractivity contribution < 1.29 is 33.0 Å². The van der Waals surface area contributed by atoms with Gasteiger partial charge in [-0.25, -0.2) is 14.0 Å². The van der Waals surface area contributed by atoms with Crippen LogP contribution in [-0.4, -0.2) is 49.4 Å². The van der Waals surface area contributed by atoms with E-state index in [-0.39, 0.29) is 22.6 Å². The second-order valence-corrected chi connectivity index (χ2v) is 9.07. The minimum Gasteiger partial charge on any atom is -0.493 e. The molecule has 0 fully saturated rings. The Morgan fingerprint density at radius 3 is 2.39 bits per heavy atom. The van der Waals surface area contributed by atoms with Crippen LogP contribution in [0.5, 0.6) is 17.2 Å².